The van der Waals surface area contributed by atoms with E-state index in [1.54, 1.807) is 7.11 Å². The molecule has 0 bridgehead atoms. The van der Waals surface area contributed by atoms with Crippen LogP contribution in [0.5, 0.6) is 0 Å². The first-order valence-electron chi connectivity index (χ1n) is 6.61. The predicted molar refractivity (Wildman–Crippen MR) is 72.7 cm³/mol. The molecule has 108 valence electrons. The number of methoxy groups -OCH3 is 2. The van der Waals surface area contributed by atoms with E-state index >= 15 is 0 Å². The number of rotatable bonds is 10. The van der Waals surface area contributed by atoms with Crippen LogP contribution in [-0.4, -0.2) is 63.4 Å². The standard InChI is InChI=1S/C13H28N2O3/c1-6-7-14-12(13(16)18-5)10-15(11(2)3)8-9-17-4/h11-12,14H,6-10H2,1-5H3. The molecule has 0 aliphatic rings. The van der Waals surface area contributed by atoms with Gasteiger partial charge in [0.15, 0.2) is 0 Å². The van der Waals surface area contributed by atoms with Gasteiger partial charge in [-0.1, -0.05) is 6.92 Å². The molecule has 0 fully saturated rings. The minimum atomic E-state index is -0.269. The van der Waals surface area contributed by atoms with E-state index in [9.17, 15) is 4.79 Å². The Morgan fingerprint density at radius 3 is 2.44 bits per heavy atom. The Labute approximate surface area is 111 Å². The molecule has 0 saturated heterocycles. The summed E-state index contributed by atoms with van der Waals surface area (Å²) in [5, 5.41) is 3.22. The Hall–Kier alpha value is -0.650. The molecular formula is C13H28N2O3. The highest BCUT2D eigenvalue weighted by atomic mass is 16.5. The molecule has 0 saturated carbocycles. The van der Waals surface area contributed by atoms with Gasteiger partial charge in [-0.2, -0.15) is 0 Å². The molecule has 0 heterocycles. The highest BCUT2D eigenvalue weighted by Crippen LogP contribution is 2.02. The zero-order valence-corrected chi connectivity index (χ0v) is 12.4. The van der Waals surface area contributed by atoms with Crippen LogP contribution in [0.2, 0.25) is 0 Å². The lowest BCUT2D eigenvalue weighted by Gasteiger charge is -2.29. The van der Waals surface area contributed by atoms with Crippen molar-refractivity contribution in [2.45, 2.75) is 39.3 Å². The van der Waals surface area contributed by atoms with Crippen molar-refractivity contribution in [3.8, 4) is 0 Å². The van der Waals surface area contributed by atoms with Crippen LogP contribution in [0.25, 0.3) is 0 Å². The van der Waals surface area contributed by atoms with E-state index in [1.807, 2.05) is 0 Å². The van der Waals surface area contributed by atoms with Gasteiger partial charge in [-0.05, 0) is 26.8 Å². The second kappa shape index (κ2) is 10.3. The van der Waals surface area contributed by atoms with Gasteiger partial charge in [-0.15, -0.1) is 0 Å². The van der Waals surface area contributed by atoms with Gasteiger partial charge in [0, 0.05) is 26.2 Å². The summed E-state index contributed by atoms with van der Waals surface area (Å²) < 4.78 is 9.93. The Balaban J connectivity index is 4.42. The maximum atomic E-state index is 11.7. The van der Waals surface area contributed by atoms with Gasteiger partial charge in [-0.25, -0.2) is 0 Å². The van der Waals surface area contributed by atoms with E-state index in [4.69, 9.17) is 9.47 Å². The molecule has 0 spiro atoms. The molecule has 0 aromatic heterocycles. The number of nitrogens with zero attached hydrogens (tertiary/aromatic N) is 1. The average Bonchev–Trinajstić information content (AvgIpc) is 2.36. The lowest BCUT2D eigenvalue weighted by atomic mass is 10.2. The summed E-state index contributed by atoms with van der Waals surface area (Å²) in [5.41, 5.74) is 0. The smallest absolute Gasteiger partial charge is 0.324 e. The number of carbonyl (C=O) groups excluding carboxylic acids is 1. The van der Waals surface area contributed by atoms with E-state index in [2.05, 4.69) is 31.0 Å². The Kier molecular flexibility index (Phi) is 9.92. The molecule has 0 aromatic rings. The minimum absolute atomic E-state index is 0.202. The van der Waals surface area contributed by atoms with Gasteiger partial charge in [0.05, 0.1) is 13.7 Å². The van der Waals surface area contributed by atoms with Crippen molar-refractivity contribution in [2.75, 3.05) is 40.5 Å². The van der Waals surface area contributed by atoms with Crippen molar-refractivity contribution in [3.05, 3.63) is 0 Å². The molecule has 0 aromatic carbocycles. The Bertz CT molecular complexity index is 222. The van der Waals surface area contributed by atoms with Crippen LogP contribution >= 0.6 is 0 Å². The number of hydrogen-bond acceptors (Lipinski definition) is 5. The molecule has 0 radical (unpaired) electrons. The fourth-order valence-corrected chi connectivity index (χ4v) is 1.69. The third-order valence-electron chi connectivity index (χ3n) is 2.86. The first-order chi connectivity index (χ1) is 8.56. The van der Waals surface area contributed by atoms with Gasteiger partial charge < -0.3 is 14.8 Å². The molecule has 5 heteroatoms. The summed E-state index contributed by atoms with van der Waals surface area (Å²) in [6, 6.07) is 0.102. The largest absolute Gasteiger partial charge is 0.468 e. The van der Waals surface area contributed by atoms with E-state index in [-0.39, 0.29) is 12.0 Å². The number of ether oxygens (including phenoxy) is 2. The number of carbonyl (C=O) groups is 1. The SMILES string of the molecule is CCCNC(CN(CCOC)C(C)C)C(=O)OC. The summed E-state index contributed by atoms with van der Waals surface area (Å²) in [6.45, 7) is 9.25. The first-order valence-corrected chi connectivity index (χ1v) is 6.61. The van der Waals surface area contributed by atoms with Crippen molar-refractivity contribution in [1.82, 2.24) is 10.2 Å². The van der Waals surface area contributed by atoms with E-state index in [0.29, 0.717) is 19.2 Å². The highest BCUT2D eigenvalue weighted by Gasteiger charge is 2.22. The number of hydrogen-bond donors (Lipinski definition) is 1. The summed E-state index contributed by atoms with van der Waals surface area (Å²) >= 11 is 0. The molecule has 1 unspecified atom stereocenters. The zero-order chi connectivity index (χ0) is 14.0. The van der Waals surface area contributed by atoms with Crippen molar-refractivity contribution < 1.29 is 14.3 Å². The van der Waals surface area contributed by atoms with Gasteiger partial charge in [0.25, 0.3) is 0 Å². The van der Waals surface area contributed by atoms with Gasteiger partial charge in [0.2, 0.25) is 0 Å². The quantitative estimate of drug-likeness (QED) is 0.591. The third kappa shape index (κ3) is 6.93. The topological polar surface area (TPSA) is 50.8 Å². The van der Waals surface area contributed by atoms with Crippen LogP contribution in [0.4, 0.5) is 0 Å². The summed E-state index contributed by atoms with van der Waals surface area (Å²) in [5.74, 6) is -0.202. The second-order valence-corrected chi connectivity index (χ2v) is 4.61. The van der Waals surface area contributed by atoms with Crippen molar-refractivity contribution in [1.29, 1.82) is 0 Å². The molecule has 0 rings (SSSR count). The summed E-state index contributed by atoms with van der Waals surface area (Å²) in [7, 11) is 3.11. The summed E-state index contributed by atoms with van der Waals surface area (Å²) in [4.78, 5) is 13.9. The van der Waals surface area contributed by atoms with Crippen LogP contribution in [0, 0.1) is 0 Å². The molecule has 1 N–H and O–H groups in total. The number of esters is 1. The van der Waals surface area contributed by atoms with Crippen LogP contribution in [0.15, 0.2) is 0 Å². The molecule has 1 atom stereocenters. The third-order valence-corrected chi connectivity index (χ3v) is 2.86. The fraction of sp³-hybridized carbons (Fsp3) is 0.923. The lowest BCUT2D eigenvalue weighted by Crippen LogP contribution is -2.49. The van der Waals surface area contributed by atoms with E-state index < -0.39 is 0 Å². The van der Waals surface area contributed by atoms with Crippen molar-refractivity contribution >= 4 is 5.97 Å². The molecule has 0 aliphatic heterocycles. The minimum Gasteiger partial charge on any atom is -0.468 e. The zero-order valence-electron chi connectivity index (χ0n) is 12.4. The fourth-order valence-electron chi connectivity index (χ4n) is 1.69. The highest BCUT2D eigenvalue weighted by molar-refractivity contribution is 5.75. The molecule has 0 aliphatic carbocycles. The van der Waals surface area contributed by atoms with Crippen molar-refractivity contribution in [2.24, 2.45) is 0 Å². The van der Waals surface area contributed by atoms with Crippen LogP contribution in [0.1, 0.15) is 27.2 Å². The Morgan fingerprint density at radius 1 is 1.33 bits per heavy atom. The number of nitrogens with one attached hydrogen (secondary N) is 1. The molecular weight excluding hydrogens is 232 g/mol. The average molecular weight is 260 g/mol. The van der Waals surface area contributed by atoms with Crippen LogP contribution in [0.3, 0.4) is 0 Å². The first kappa shape index (κ1) is 17.4. The maximum absolute atomic E-state index is 11.7. The molecule has 5 nitrogen and oxygen atoms in total. The van der Waals surface area contributed by atoms with E-state index in [0.717, 1.165) is 19.5 Å². The van der Waals surface area contributed by atoms with Gasteiger partial charge in [-0.3, -0.25) is 9.69 Å². The predicted octanol–water partition coefficient (Wildman–Crippen LogP) is 0.884. The van der Waals surface area contributed by atoms with Crippen molar-refractivity contribution in [3.63, 3.8) is 0 Å². The van der Waals surface area contributed by atoms with Crippen LogP contribution in [-0.2, 0) is 14.3 Å². The monoisotopic (exact) mass is 260 g/mol. The van der Waals surface area contributed by atoms with Crippen LogP contribution < -0.4 is 5.32 Å². The maximum Gasteiger partial charge on any atom is 0.324 e. The van der Waals surface area contributed by atoms with Gasteiger partial charge >= 0.3 is 5.97 Å². The van der Waals surface area contributed by atoms with E-state index in [1.165, 1.54) is 7.11 Å². The normalized spacial score (nSPS) is 13.1. The molecule has 0 amide bonds. The molecule has 18 heavy (non-hydrogen) atoms. The lowest BCUT2D eigenvalue weighted by molar-refractivity contribution is -0.143. The summed E-state index contributed by atoms with van der Waals surface area (Å²) in [6.07, 6.45) is 0.993. The Morgan fingerprint density at radius 2 is 2.00 bits per heavy atom. The van der Waals surface area contributed by atoms with Gasteiger partial charge in [0.1, 0.15) is 6.04 Å². The second-order valence-electron chi connectivity index (χ2n) is 4.61.